The first-order chi connectivity index (χ1) is 16.9. The van der Waals surface area contributed by atoms with Gasteiger partial charge >= 0.3 is 10.0 Å². The number of piperidine rings is 2. The molecule has 2 fully saturated rings. The van der Waals surface area contributed by atoms with Crippen molar-refractivity contribution >= 4 is 37.8 Å². The predicted molar refractivity (Wildman–Crippen MR) is 133 cm³/mol. The van der Waals surface area contributed by atoms with E-state index in [1.54, 1.807) is 6.07 Å². The molecule has 3 heterocycles. The second kappa shape index (κ2) is 9.48. The Morgan fingerprint density at radius 1 is 1.14 bits per heavy atom. The largest absolute Gasteiger partial charge is 0.343 e. The maximum atomic E-state index is 14.8. The molecule has 2 aliphatic heterocycles. The molecule has 2 saturated heterocycles. The molecule has 2 aliphatic rings. The van der Waals surface area contributed by atoms with Crippen LogP contribution >= 0.6 is 0 Å². The molecule has 10 heteroatoms. The van der Waals surface area contributed by atoms with Crippen molar-refractivity contribution in [3.05, 3.63) is 30.3 Å². The lowest BCUT2D eigenvalue weighted by molar-refractivity contribution is -0.842. The predicted octanol–water partition coefficient (Wildman–Crippen LogP) is 2.91. The van der Waals surface area contributed by atoms with E-state index in [0.717, 1.165) is 32.4 Å². The van der Waals surface area contributed by atoms with Crippen molar-refractivity contribution in [2.75, 3.05) is 39.3 Å². The van der Waals surface area contributed by atoms with Gasteiger partial charge in [0.05, 0.1) is 12.5 Å². The lowest BCUT2D eigenvalue weighted by atomic mass is 9.93. The highest BCUT2D eigenvalue weighted by Gasteiger charge is 2.54. The molecular formula is C25H34N5O4S+. The quantitative estimate of drug-likeness (QED) is 0.519. The number of nitrogens with one attached hydrogen (secondary N) is 1. The van der Waals surface area contributed by atoms with Crippen molar-refractivity contribution in [2.45, 2.75) is 50.5 Å². The molecule has 0 spiro atoms. The summed E-state index contributed by atoms with van der Waals surface area (Å²) < 4.78 is 34.9. The van der Waals surface area contributed by atoms with E-state index in [9.17, 15) is 13.2 Å². The van der Waals surface area contributed by atoms with Crippen LogP contribution in [0.15, 0.2) is 39.8 Å². The smallest absolute Gasteiger partial charge is 0.328 e. The van der Waals surface area contributed by atoms with Gasteiger partial charge in [0.25, 0.3) is 0 Å². The number of aromatic nitrogens is 2. The molecule has 1 amide bonds. The molecule has 0 saturated carbocycles. The number of amides is 1. The fourth-order valence-electron chi connectivity index (χ4n) is 6.17. The molecule has 1 N–H and O–H groups in total. The van der Waals surface area contributed by atoms with E-state index >= 15 is 0 Å². The molecule has 2 atom stereocenters. The van der Waals surface area contributed by atoms with Gasteiger partial charge < -0.3 is 14.7 Å². The second-order valence-corrected chi connectivity index (χ2v) is 11.8. The normalized spacial score (nSPS) is 24.1. The third-order valence-corrected chi connectivity index (χ3v) is 10.5. The number of carbonyl (C=O) groups excluding carboxylic acids is 1. The molecule has 1 aromatic heterocycles. The highest BCUT2D eigenvalue weighted by atomic mass is 32.2. The Kier molecular flexibility index (Phi) is 6.54. The van der Waals surface area contributed by atoms with Crippen LogP contribution in [0.4, 0.5) is 0 Å². The molecule has 35 heavy (non-hydrogen) atoms. The molecule has 2 unspecified atom stereocenters. The summed E-state index contributed by atoms with van der Waals surface area (Å²) in [6, 6.07) is 8.91. The van der Waals surface area contributed by atoms with E-state index in [1.165, 1.54) is 0 Å². The topological polar surface area (TPSA) is 105 Å². The third-order valence-electron chi connectivity index (χ3n) is 7.99. The van der Waals surface area contributed by atoms with Crippen LogP contribution in [0.2, 0.25) is 0 Å². The van der Waals surface area contributed by atoms with Crippen LogP contribution in [0.25, 0.3) is 21.9 Å². The molecule has 5 rings (SSSR count). The van der Waals surface area contributed by atoms with Crippen LogP contribution in [0.5, 0.6) is 0 Å². The first kappa shape index (κ1) is 24.1. The summed E-state index contributed by atoms with van der Waals surface area (Å²) in [5.41, 5.74) is 0.916. The summed E-state index contributed by atoms with van der Waals surface area (Å²) >= 11 is 0. The second-order valence-electron chi connectivity index (χ2n) is 9.71. The summed E-state index contributed by atoms with van der Waals surface area (Å²) in [6.07, 6.45) is 2.95. The highest BCUT2D eigenvalue weighted by Crippen LogP contribution is 2.41. The van der Waals surface area contributed by atoms with Gasteiger partial charge in [-0.3, -0.25) is 4.79 Å². The standard InChI is InChI=1S/C25H34N5O4S/c1-3-29(4-2)25(31)18-8-7-15-30(17-18,19-11-13-26-14-12-19)35(32,33)23-16-22-24(34-28-27-22)21-10-6-5-9-20(21)23/h5-6,9-10,16,18-19,26H,3-4,7-8,11-15,17H2,1-2H3/q+1. The minimum atomic E-state index is -3.90. The van der Waals surface area contributed by atoms with Gasteiger partial charge in [-0.2, -0.15) is 8.42 Å². The van der Waals surface area contributed by atoms with E-state index in [-0.39, 0.29) is 26.7 Å². The zero-order valence-corrected chi connectivity index (χ0v) is 21.3. The van der Waals surface area contributed by atoms with Gasteiger partial charge in [-0.15, -0.1) is 5.10 Å². The number of quaternary nitrogens is 1. The van der Waals surface area contributed by atoms with E-state index < -0.39 is 10.0 Å². The molecule has 0 aliphatic carbocycles. The molecular weight excluding hydrogens is 466 g/mol. The van der Waals surface area contributed by atoms with Gasteiger partial charge in [0.1, 0.15) is 23.0 Å². The van der Waals surface area contributed by atoms with E-state index in [4.69, 9.17) is 4.52 Å². The van der Waals surface area contributed by atoms with Gasteiger partial charge in [0.2, 0.25) is 5.91 Å². The number of sulfonamides is 1. The van der Waals surface area contributed by atoms with Gasteiger partial charge in [0.15, 0.2) is 5.58 Å². The molecule has 0 bridgehead atoms. The van der Waals surface area contributed by atoms with E-state index in [2.05, 4.69) is 15.7 Å². The summed E-state index contributed by atoms with van der Waals surface area (Å²) in [6.45, 7) is 7.60. The van der Waals surface area contributed by atoms with E-state index in [1.807, 2.05) is 43.0 Å². The minimum Gasteiger partial charge on any atom is -0.343 e. The van der Waals surface area contributed by atoms with Gasteiger partial charge in [-0.25, -0.2) is 3.89 Å². The third kappa shape index (κ3) is 3.91. The minimum absolute atomic E-state index is 0.0709. The highest BCUT2D eigenvalue weighted by molar-refractivity contribution is 7.86. The molecule has 2 aromatic carbocycles. The summed E-state index contributed by atoms with van der Waals surface area (Å²) in [4.78, 5) is 15.5. The Morgan fingerprint density at radius 2 is 1.86 bits per heavy atom. The van der Waals surface area contributed by atoms with Crippen LogP contribution in [-0.4, -0.2) is 78.8 Å². The summed E-state index contributed by atoms with van der Waals surface area (Å²) in [5.74, 6) is -0.237. The van der Waals surface area contributed by atoms with E-state index in [0.29, 0.717) is 54.5 Å². The molecule has 3 aromatic rings. The summed E-state index contributed by atoms with van der Waals surface area (Å²) in [7, 11) is -3.90. The number of likely N-dealkylation sites (tertiary alicyclic amines) is 1. The maximum absolute atomic E-state index is 14.8. The molecule has 9 nitrogen and oxygen atoms in total. The number of hydrogen-bond acceptors (Lipinski definition) is 7. The van der Waals surface area contributed by atoms with Crippen molar-refractivity contribution in [3.63, 3.8) is 0 Å². The Labute approximate surface area is 206 Å². The van der Waals surface area contributed by atoms with Crippen molar-refractivity contribution in [1.29, 1.82) is 0 Å². The average Bonchev–Trinajstić information content (AvgIpc) is 3.38. The average molecular weight is 501 g/mol. The van der Waals surface area contributed by atoms with Crippen LogP contribution in [0.3, 0.4) is 0 Å². The monoisotopic (exact) mass is 500 g/mol. The Morgan fingerprint density at radius 3 is 2.57 bits per heavy atom. The van der Waals surface area contributed by atoms with Crippen LogP contribution in [0.1, 0.15) is 39.5 Å². The summed E-state index contributed by atoms with van der Waals surface area (Å²) in [5, 5.41) is 12.4. The fourth-order valence-corrected chi connectivity index (χ4v) is 8.62. The van der Waals surface area contributed by atoms with Crippen molar-refractivity contribution in [3.8, 4) is 0 Å². The first-order valence-corrected chi connectivity index (χ1v) is 14.1. The van der Waals surface area contributed by atoms with Crippen LogP contribution in [-0.2, 0) is 14.8 Å². The SMILES string of the molecule is CCN(CC)C(=O)C1CCC[N+](C2CCNCC2)(S(=O)(=O)c2cc3nnoc3c3ccccc23)C1. The lowest BCUT2D eigenvalue weighted by Crippen LogP contribution is -2.66. The van der Waals surface area contributed by atoms with Crippen molar-refractivity contribution < 1.29 is 21.6 Å². The Balaban J connectivity index is 1.68. The molecule has 0 radical (unpaired) electrons. The number of rotatable bonds is 6. The van der Waals surface area contributed by atoms with Gasteiger partial charge in [-0.05, 0) is 32.8 Å². The van der Waals surface area contributed by atoms with Crippen LogP contribution < -0.4 is 5.32 Å². The Hall–Kier alpha value is -2.56. The number of carbonyl (C=O) groups is 1. The number of hydrogen-bond donors (Lipinski definition) is 1. The van der Waals surface area contributed by atoms with Crippen LogP contribution in [0, 0.1) is 5.92 Å². The number of benzene rings is 2. The molecule has 188 valence electrons. The van der Waals surface area contributed by atoms with Crippen molar-refractivity contribution in [2.24, 2.45) is 5.92 Å². The Bertz CT molecular complexity index is 1330. The lowest BCUT2D eigenvalue weighted by Gasteiger charge is -2.48. The fraction of sp³-hybridized carbons (Fsp3) is 0.560. The first-order valence-electron chi connectivity index (χ1n) is 12.7. The number of fused-ring (bicyclic) bond motifs is 3. The van der Waals surface area contributed by atoms with Crippen molar-refractivity contribution in [1.82, 2.24) is 20.6 Å². The van der Waals surface area contributed by atoms with Gasteiger partial charge in [-0.1, -0.05) is 24.3 Å². The number of nitrogens with zero attached hydrogens (tertiary/aromatic N) is 4. The zero-order chi connectivity index (χ0) is 24.6. The maximum Gasteiger partial charge on any atom is 0.328 e. The van der Waals surface area contributed by atoms with Gasteiger partial charge in [0, 0.05) is 55.1 Å². The zero-order valence-electron chi connectivity index (χ0n) is 20.4.